The average Bonchev–Trinajstić information content (AvgIpc) is 2.93. The number of nitrogens with one attached hydrogen (secondary N) is 1. The van der Waals surface area contributed by atoms with Gasteiger partial charge in [-0.05, 0) is 49.8 Å². The molecule has 3 aromatic rings. The number of rotatable bonds is 6. The van der Waals surface area contributed by atoms with E-state index in [1.165, 1.54) is 11.1 Å². The van der Waals surface area contributed by atoms with Crippen LogP contribution in [0.1, 0.15) is 47.3 Å². The number of carbonyl (C=O) groups is 1. The lowest BCUT2D eigenvalue weighted by Crippen LogP contribution is -2.27. The summed E-state index contributed by atoms with van der Waals surface area (Å²) in [5.74, 6) is 0.384. The van der Waals surface area contributed by atoms with Crippen LogP contribution in [0.5, 0.6) is 0 Å². The fourth-order valence-corrected chi connectivity index (χ4v) is 3.72. The number of aryl methyl sites for hydroxylation is 4. The van der Waals surface area contributed by atoms with Gasteiger partial charge in [0.15, 0.2) is 5.65 Å². The third kappa shape index (κ3) is 4.02. The summed E-state index contributed by atoms with van der Waals surface area (Å²) in [5, 5.41) is 8.66. The molecule has 0 spiro atoms. The van der Waals surface area contributed by atoms with Crippen molar-refractivity contribution < 1.29 is 4.79 Å². The highest BCUT2D eigenvalue weighted by molar-refractivity contribution is 5.84. The minimum atomic E-state index is 0.0830. The van der Waals surface area contributed by atoms with Crippen LogP contribution in [-0.4, -0.2) is 27.2 Å². The van der Waals surface area contributed by atoms with Gasteiger partial charge in [0, 0.05) is 31.1 Å². The average molecular weight is 364 g/mol. The number of pyridine rings is 1. The van der Waals surface area contributed by atoms with E-state index in [1.54, 1.807) is 0 Å². The van der Waals surface area contributed by atoms with Gasteiger partial charge in [-0.25, -0.2) is 4.98 Å². The standard InChI is InChI=1S/C22H28N4O/c1-14(18-9-7-6-8-10-18)13-23-20(27)12-11-19-15(2)21-17(4)25-26(5)22(21)24-16(19)3/h6-10,14H,11-13H2,1-5H3,(H,23,27)/t14-/m0/s1. The summed E-state index contributed by atoms with van der Waals surface area (Å²) in [5.41, 5.74) is 6.46. The van der Waals surface area contributed by atoms with E-state index >= 15 is 0 Å². The molecule has 0 fully saturated rings. The molecule has 5 nitrogen and oxygen atoms in total. The van der Waals surface area contributed by atoms with Crippen molar-refractivity contribution >= 4 is 16.9 Å². The third-order valence-corrected chi connectivity index (χ3v) is 5.31. The van der Waals surface area contributed by atoms with Crippen LogP contribution in [0.2, 0.25) is 0 Å². The Morgan fingerprint density at radius 2 is 1.85 bits per heavy atom. The summed E-state index contributed by atoms with van der Waals surface area (Å²) in [6.07, 6.45) is 1.16. The van der Waals surface area contributed by atoms with Crippen molar-refractivity contribution in [2.45, 2.75) is 46.5 Å². The van der Waals surface area contributed by atoms with Crippen molar-refractivity contribution in [2.75, 3.05) is 6.54 Å². The maximum absolute atomic E-state index is 12.4. The van der Waals surface area contributed by atoms with Crippen LogP contribution in [0.15, 0.2) is 30.3 Å². The molecular weight excluding hydrogens is 336 g/mol. The summed E-state index contributed by atoms with van der Waals surface area (Å²) in [6, 6.07) is 10.3. The molecule has 1 amide bonds. The van der Waals surface area contributed by atoms with Crippen molar-refractivity contribution in [1.82, 2.24) is 20.1 Å². The highest BCUT2D eigenvalue weighted by Gasteiger charge is 2.16. The zero-order valence-electron chi connectivity index (χ0n) is 16.8. The zero-order chi connectivity index (χ0) is 19.6. The summed E-state index contributed by atoms with van der Waals surface area (Å²) < 4.78 is 1.83. The summed E-state index contributed by atoms with van der Waals surface area (Å²) >= 11 is 0. The lowest BCUT2D eigenvalue weighted by Gasteiger charge is -2.14. The Morgan fingerprint density at radius 3 is 2.56 bits per heavy atom. The molecular formula is C22H28N4O. The Hall–Kier alpha value is -2.69. The molecule has 0 saturated carbocycles. The number of amides is 1. The van der Waals surface area contributed by atoms with Crippen molar-refractivity contribution in [1.29, 1.82) is 0 Å². The molecule has 2 heterocycles. The van der Waals surface area contributed by atoms with Crippen LogP contribution >= 0.6 is 0 Å². The van der Waals surface area contributed by atoms with Gasteiger partial charge < -0.3 is 5.32 Å². The Morgan fingerprint density at radius 1 is 1.15 bits per heavy atom. The second kappa shape index (κ2) is 7.91. The highest BCUT2D eigenvalue weighted by Crippen LogP contribution is 2.26. The summed E-state index contributed by atoms with van der Waals surface area (Å²) in [6.45, 7) is 8.91. The van der Waals surface area contributed by atoms with E-state index in [0.29, 0.717) is 25.3 Å². The fraction of sp³-hybridized carbons (Fsp3) is 0.409. The van der Waals surface area contributed by atoms with E-state index in [1.807, 2.05) is 43.8 Å². The summed E-state index contributed by atoms with van der Waals surface area (Å²) in [7, 11) is 1.92. The van der Waals surface area contributed by atoms with Gasteiger partial charge in [-0.2, -0.15) is 5.10 Å². The second-order valence-corrected chi connectivity index (χ2v) is 7.32. The molecule has 0 aliphatic rings. The maximum Gasteiger partial charge on any atom is 0.220 e. The van der Waals surface area contributed by atoms with E-state index in [0.717, 1.165) is 28.0 Å². The number of hydrogen-bond donors (Lipinski definition) is 1. The maximum atomic E-state index is 12.4. The van der Waals surface area contributed by atoms with Crippen LogP contribution in [0.4, 0.5) is 0 Å². The van der Waals surface area contributed by atoms with E-state index in [-0.39, 0.29) is 5.91 Å². The van der Waals surface area contributed by atoms with Gasteiger partial charge in [0.1, 0.15) is 0 Å². The first kappa shape index (κ1) is 19.1. The SMILES string of the molecule is Cc1nc2c(c(C)nn2C)c(C)c1CCC(=O)NC[C@H](C)c1ccccc1. The summed E-state index contributed by atoms with van der Waals surface area (Å²) in [4.78, 5) is 17.1. The van der Waals surface area contributed by atoms with Crippen molar-refractivity contribution in [2.24, 2.45) is 7.05 Å². The van der Waals surface area contributed by atoms with E-state index in [9.17, 15) is 4.79 Å². The molecule has 3 rings (SSSR count). The van der Waals surface area contributed by atoms with Gasteiger partial charge in [-0.3, -0.25) is 9.48 Å². The molecule has 0 radical (unpaired) electrons. The molecule has 0 saturated heterocycles. The van der Waals surface area contributed by atoms with Crippen LogP contribution in [0.3, 0.4) is 0 Å². The number of nitrogens with zero attached hydrogens (tertiary/aromatic N) is 3. The fourth-order valence-electron chi connectivity index (χ4n) is 3.72. The van der Waals surface area contributed by atoms with Gasteiger partial charge in [-0.1, -0.05) is 37.3 Å². The molecule has 1 aromatic carbocycles. The van der Waals surface area contributed by atoms with Gasteiger partial charge >= 0.3 is 0 Å². The number of carbonyl (C=O) groups excluding carboxylic acids is 1. The minimum Gasteiger partial charge on any atom is -0.355 e. The minimum absolute atomic E-state index is 0.0830. The first-order chi connectivity index (χ1) is 12.9. The Balaban J connectivity index is 1.64. The lowest BCUT2D eigenvalue weighted by atomic mass is 9.99. The number of fused-ring (bicyclic) bond motifs is 1. The molecule has 1 N–H and O–H groups in total. The Kier molecular flexibility index (Phi) is 5.59. The molecule has 0 aliphatic carbocycles. The monoisotopic (exact) mass is 364 g/mol. The molecule has 0 unspecified atom stereocenters. The molecule has 5 heteroatoms. The normalized spacial score (nSPS) is 12.3. The molecule has 0 aliphatic heterocycles. The molecule has 0 bridgehead atoms. The van der Waals surface area contributed by atoms with Crippen molar-refractivity contribution in [3.05, 3.63) is 58.4 Å². The van der Waals surface area contributed by atoms with E-state index < -0.39 is 0 Å². The highest BCUT2D eigenvalue weighted by atomic mass is 16.1. The number of aromatic nitrogens is 3. The zero-order valence-corrected chi connectivity index (χ0v) is 16.8. The topological polar surface area (TPSA) is 59.8 Å². The van der Waals surface area contributed by atoms with Gasteiger partial charge in [0.2, 0.25) is 5.91 Å². The first-order valence-corrected chi connectivity index (χ1v) is 9.49. The van der Waals surface area contributed by atoms with Crippen molar-refractivity contribution in [3.63, 3.8) is 0 Å². The lowest BCUT2D eigenvalue weighted by molar-refractivity contribution is -0.121. The van der Waals surface area contributed by atoms with Gasteiger partial charge in [0.05, 0.1) is 5.69 Å². The molecule has 2 aromatic heterocycles. The van der Waals surface area contributed by atoms with Crippen LogP contribution in [-0.2, 0) is 18.3 Å². The smallest absolute Gasteiger partial charge is 0.220 e. The Bertz CT molecular complexity index is 960. The van der Waals surface area contributed by atoms with Crippen LogP contribution < -0.4 is 5.32 Å². The number of hydrogen-bond acceptors (Lipinski definition) is 3. The van der Waals surface area contributed by atoms with Crippen molar-refractivity contribution in [3.8, 4) is 0 Å². The molecule has 142 valence electrons. The van der Waals surface area contributed by atoms with E-state index in [4.69, 9.17) is 4.98 Å². The third-order valence-electron chi connectivity index (χ3n) is 5.31. The first-order valence-electron chi connectivity index (χ1n) is 9.49. The predicted molar refractivity (Wildman–Crippen MR) is 109 cm³/mol. The number of benzene rings is 1. The quantitative estimate of drug-likeness (QED) is 0.725. The largest absolute Gasteiger partial charge is 0.355 e. The molecule has 27 heavy (non-hydrogen) atoms. The van der Waals surface area contributed by atoms with Crippen LogP contribution in [0, 0.1) is 20.8 Å². The molecule has 1 atom stereocenters. The van der Waals surface area contributed by atoms with Gasteiger partial charge in [0.25, 0.3) is 0 Å². The Labute approximate surface area is 160 Å². The van der Waals surface area contributed by atoms with Crippen LogP contribution in [0.25, 0.3) is 11.0 Å². The van der Waals surface area contributed by atoms with E-state index in [2.05, 4.69) is 36.4 Å². The second-order valence-electron chi connectivity index (χ2n) is 7.32. The van der Waals surface area contributed by atoms with Gasteiger partial charge in [-0.15, -0.1) is 0 Å². The predicted octanol–water partition coefficient (Wildman–Crippen LogP) is 3.75.